The number of hydrogen-bond donors (Lipinski definition) is 0. The van der Waals surface area contributed by atoms with Crippen molar-refractivity contribution >= 4 is 27.5 Å². The third-order valence-electron chi connectivity index (χ3n) is 4.59. The van der Waals surface area contributed by atoms with Crippen molar-refractivity contribution in [2.75, 3.05) is 34.5 Å². The number of benzene rings is 2. The molecule has 0 unspecified atom stereocenters. The van der Waals surface area contributed by atoms with Gasteiger partial charge in [-0.3, -0.25) is 4.79 Å². The maximum absolute atomic E-state index is 12.7. The highest BCUT2D eigenvalue weighted by molar-refractivity contribution is 7.16. The van der Waals surface area contributed by atoms with E-state index in [9.17, 15) is 4.79 Å². The third-order valence-corrected chi connectivity index (χ3v) is 5.63. The fourth-order valence-corrected chi connectivity index (χ4v) is 4.15. The average Bonchev–Trinajstić information content (AvgIpc) is 3.09. The van der Waals surface area contributed by atoms with E-state index >= 15 is 0 Å². The van der Waals surface area contributed by atoms with Gasteiger partial charge in [0.2, 0.25) is 0 Å². The summed E-state index contributed by atoms with van der Waals surface area (Å²) in [6.45, 7) is 3.69. The van der Waals surface area contributed by atoms with Crippen LogP contribution in [0.1, 0.15) is 12.5 Å². The van der Waals surface area contributed by atoms with E-state index < -0.39 is 0 Å². The summed E-state index contributed by atoms with van der Waals surface area (Å²) in [6.07, 6.45) is 0.219. The lowest BCUT2D eigenvalue weighted by Gasteiger charge is -2.09. The fourth-order valence-electron chi connectivity index (χ4n) is 3.06. The van der Waals surface area contributed by atoms with Gasteiger partial charge in [0.25, 0.3) is 5.91 Å². The molecule has 0 atom stereocenters. The smallest absolute Gasteiger partial charge is 0.252 e. The SMILES string of the molecule is CCOCCn1c(=NC(=O)Cc2ccc(OC)cc2)sc2cc(OC)c(OC)cc21. The van der Waals surface area contributed by atoms with Gasteiger partial charge in [-0.2, -0.15) is 4.99 Å². The summed E-state index contributed by atoms with van der Waals surface area (Å²) in [7, 11) is 4.82. The van der Waals surface area contributed by atoms with Crippen LogP contribution < -0.4 is 19.0 Å². The number of fused-ring (bicyclic) bond motifs is 1. The van der Waals surface area contributed by atoms with E-state index in [1.165, 1.54) is 11.3 Å². The van der Waals surface area contributed by atoms with E-state index in [2.05, 4.69) is 4.99 Å². The zero-order chi connectivity index (χ0) is 21.5. The van der Waals surface area contributed by atoms with Crippen molar-refractivity contribution < 1.29 is 23.7 Å². The summed E-state index contributed by atoms with van der Waals surface area (Å²) in [5.41, 5.74) is 1.81. The van der Waals surface area contributed by atoms with Gasteiger partial charge in [0.1, 0.15) is 5.75 Å². The molecule has 160 valence electrons. The highest BCUT2D eigenvalue weighted by Crippen LogP contribution is 2.33. The van der Waals surface area contributed by atoms with Crippen LogP contribution in [-0.2, 0) is 22.5 Å². The molecule has 0 saturated carbocycles. The second kappa shape index (κ2) is 10.3. The number of aromatic nitrogens is 1. The summed E-state index contributed by atoms with van der Waals surface area (Å²) in [5, 5.41) is 0. The van der Waals surface area contributed by atoms with Crippen LogP contribution in [0.2, 0.25) is 0 Å². The predicted octanol–water partition coefficient (Wildman–Crippen LogP) is 3.44. The molecule has 0 aliphatic carbocycles. The molecule has 2 aromatic carbocycles. The van der Waals surface area contributed by atoms with E-state index in [1.807, 2.05) is 47.9 Å². The molecule has 1 aromatic heterocycles. The molecule has 0 aliphatic rings. The molecule has 3 aromatic rings. The van der Waals surface area contributed by atoms with Gasteiger partial charge in [-0.1, -0.05) is 23.5 Å². The van der Waals surface area contributed by atoms with Gasteiger partial charge in [-0.15, -0.1) is 0 Å². The molecule has 8 heteroatoms. The van der Waals surface area contributed by atoms with Gasteiger partial charge < -0.3 is 23.5 Å². The molecule has 0 spiro atoms. The number of nitrogens with zero attached hydrogens (tertiary/aromatic N) is 2. The van der Waals surface area contributed by atoms with Crippen molar-refractivity contribution in [3.05, 3.63) is 46.8 Å². The topological polar surface area (TPSA) is 71.3 Å². The van der Waals surface area contributed by atoms with Crippen molar-refractivity contribution in [2.24, 2.45) is 4.99 Å². The minimum Gasteiger partial charge on any atom is -0.497 e. The highest BCUT2D eigenvalue weighted by Gasteiger charge is 2.13. The maximum atomic E-state index is 12.7. The molecule has 0 aliphatic heterocycles. The van der Waals surface area contributed by atoms with Gasteiger partial charge in [-0.25, -0.2) is 0 Å². The summed E-state index contributed by atoms with van der Waals surface area (Å²) >= 11 is 1.44. The molecule has 7 nitrogen and oxygen atoms in total. The van der Waals surface area contributed by atoms with E-state index in [1.54, 1.807) is 21.3 Å². The van der Waals surface area contributed by atoms with Crippen molar-refractivity contribution in [3.63, 3.8) is 0 Å². The molecule has 30 heavy (non-hydrogen) atoms. The number of rotatable bonds is 9. The first-order valence-corrected chi connectivity index (χ1v) is 10.4. The number of hydrogen-bond acceptors (Lipinski definition) is 6. The van der Waals surface area contributed by atoms with E-state index in [0.717, 1.165) is 21.5 Å². The van der Waals surface area contributed by atoms with Gasteiger partial charge in [-0.05, 0) is 24.6 Å². The minimum absolute atomic E-state index is 0.212. The Labute approximate surface area is 179 Å². The maximum Gasteiger partial charge on any atom is 0.252 e. The molecule has 0 fully saturated rings. The lowest BCUT2D eigenvalue weighted by molar-refractivity contribution is -0.117. The summed E-state index contributed by atoms with van der Waals surface area (Å²) in [4.78, 5) is 17.7. The Morgan fingerprint density at radius 3 is 2.37 bits per heavy atom. The number of carbonyl (C=O) groups excluding carboxylic acids is 1. The summed E-state index contributed by atoms with van der Waals surface area (Å²) in [6, 6.07) is 11.2. The van der Waals surface area contributed by atoms with Crippen molar-refractivity contribution in [1.82, 2.24) is 4.57 Å². The van der Waals surface area contributed by atoms with E-state index in [0.29, 0.717) is 36.1 Å². The predicted molar refractivity (Wildman–Crippen MR) is 117 cm³/mol. The zero-order valence-corrected chi connectivity index (χ0v) is 18.5. The Bertz CT molecular complexity index is 1070. The Hall–Kier alpha value is -2.84. The number of amides is 1. The van der Waals surface area contributed by atoms with Crippen molar-refractivity contribution in [1.29, 1.82) is 0 Å². The first-order valence-electron chi connectivity index (χ1n) is 9.63. The average molecular weight is 431 g/mol. The van der Waals surface area contributed by atoms with Gasteiger partial charge in [0, 0.05) is 25.3 Å². The Morgan fingerprint density at radius 2 is 1.73 bits per heavy atom. The second-order valence-electron chi connectivity index (χ2n) is 6.44. The van der Waals surface area contributed by atoms with Crippen LogP contribution in [0.15, 0.2) is 41.4 Å². The zero-order valence-electron chi connectivity index (χ0n) is 17.6. The molecular weight excluding hydrogens is 404 g/mol. The molecule has 1 heterocycles. The number of ether oxygens (including phenoxy) is 4. The molecule has 0 saturated heterocycles. The van der Waals surface area contributed by atoms with Crippen LogP contribution in [0.25, 0.3) is 10.2 Å². The van der Waals surface area contributed by atoms with Crippen LogP contribution in [0, 0.1) is 0 Å². The molecule has 0 N–H and O–H groups in total. The number of thiazole rings is 1. The lowest BCUT2D eigenvalue weighted by Crippen LogP contribution is -2.20. The largest absolute Gasteiger partial charge is 0.497 e. The van der Waals surface area contributed by atoms with Crippen LogP contribution in [0.4, 0.5) is 0 Å². The van der Waals surface area contributed by atoms with Crippen LogP contribution in [0.5, 0.6) is 17.2 Å². The summed E-state index contributed by atoms with van der Waals surface area (Å²) < 4.78 is 24.5. The fraction of sp³-hybridized carbons (Fsp3) is 0.364. The number of carbonyl (C=O) groups is 1. The van der Waals surface area contributed by atoms with Crippen molar-refractivity contribution in [3.8, 4) is 17.2 Å². The lowest BCUT2D eigenvalue weighted by atomic mass is 10.1. The Kier molecular flexibility index (Phi) is 7.48. The number of methoxy groups -OCH3 is 3. The molecule has 0 bridgehead atoms. The molecule has 0 radical (unpaired) electrons. The second-order valence-corrected chi connectivity index (χ2v) is 7.45. The minimum atomic E-state index is -0.212. The van der Waals surface area contributed by atoms with Crippen molar-refractivity contribution in [2.45, 2.75) is 19.9 Å². The highest BCUT2D eigenvalue weighted by atomic mass is 32.1. The normalized spacial score (nSPS) is 11.7. The molecule has 1 amide bonds. The van der Waals surface area contributed by atoms with Crippen LogP contribution in [-0.4, -0.2) is 45.0 Å². The van der Waals surface area contributed by atoms with Crippen LogP contribution >= 0.6 is 11.3 Å². The summed E-state index contributed by atoms with van der Waals surface area (Å²) in [5.74, 6) is 1.81. The monoisotopic (exact) mass is 430 g/mol. The van der Waals surface area contributed by atoms with E-state index in [-0.39, 0.29) is 12.3 Å². The third kappa shape index (κ3) is 5.01. The van der Waals surface area contributed by atoms with E-state index in [4.69, 9.17) is 18.9 Å². The molecule has 3 rings (SSSR count). The Morgan fingerprint density at radius 1 is 1.03 bits per heavy atom. The van der Waals surface area contributed by atoms with Gasteiger partial charge in [0.05, 0.1) is 44.6 Å². The Balaban J connectivity index is 1.98. The first kappa shape index (κ1) is 21.9. The van der Waals surface area contributed by atoms with Gasteiger partial charge >= 0.3 is 0 Å². The first-order chi connectivity index (χ1) is 14.6. The van der Waals surface area contributed by atoms with Crippen LogP contribution in [0.3, 0.4) is 0 Å². The molecular formula is C22H26N2O5S. The standard InChI is InChI=1S/C22H26N2O5S/c1-5-29-11-10-24-17-13-18(27-3)19(28-4)14-20(17)30-22(24)23-21(25)12-15-6-8-16(26-2)9-7-15/h6-9,13-14H,5,10-12H2,1-4H3. The quantitative estimate of drug-likeness (QED) is 0.487. The van der Waals surface area contributed by atoms with Gasteiger partial charge in [0.15, 0.2) is 16.3 Å².